The number of hydrogen-bond donors (Lipinski definition) is 1. The molecule has 1 aliphatic rings. The third-order valence-corrected chi connectivity index (χ3v) is 4.72. The summed E-state index contributed by atoms with van der Waals surface area (Å²) in [4.78, 5) is 12.2. The number of nitrogens with zero attached hydrogens (tertiary/aromatic N) is 2. The zero-order valence-electron chi connectivity index (χ0n) is 12.5. The lowest BCUT2D eigenvalue weighted by atomic mass is 10.1. The summed E-state index contributed by atoms with van der Waals surface area (Å²) >= 11 is 1.35. The molecule has 0 spiro atoms. The Bertz CT molecular complexity index is 772. The lowest BCUT2D eigenvalue weighted by Crippen LogP contribution is -2.47. The molecule has 1 amide bonds. The maximum atomic E-state index is 12.2. The molecule has 1 aliphatic heterocycles. The smallest absolute Gasteiger partial charge is 0.318 e. The highest BCUT2D eigenvalue weighted by molar-refractivity contribution is 8.17. The van der Waals surface area contributed by atoms with Gasteiger partial charge in [-0.05, 0) is 36.0 Å². The SMILES string of the molecule is COc1ccc(C2=CSC(=NN)[N+]2(C=O)c2ccccc2)cc1. The summed E-state index contributed by atoms with van der Waals surface area (Å²) in [5, 5.41) is 6.26. The Morgan fingerprint density at radius 3 is 2.39 bits per heavy atom. The largest absolute Gasteiger partial charge is 0.497 e. The number of quaternary nitrogens is 1. The summed E-state index contributed by atoms with van der Waals surface area (Å²) < 4.78 is 5.05. The molecule has 0 radical (unpaired) electrons. The topological polar surface area (TPSA) is 64.7 Å². The fourth-order valence-corrected chi connectivity index (χ4v) is 3.60. The molecule has 0 saturated heterocycles. The molecule has 1 unspecified atom stereocenters. The highest BCUT2D eigenvalue weighted by Gasteiger charge is 2.47. The minimum atomic E-state index is -0.145. The molecule has 2 N–H and O–H groups in total. The number of benzene rings is 2. The number of hydrogen-bond acceptors (Lipinski definition) is 5. The van der Waals surface area contributed by atoms with Crippen LogP contribution < -0.4 is 15.1 Å². The van der Waals surface area contributed by atoms with E-state index in [0.29, 0.717) is 5.17 Å². The number of hydrazone groups is 1. The van der Waals surface area contributed by atoms with Gasteiger partial charge in [0.25, 0.3) is 0 Å². The first-order valence-corrected chi connectivity index (χ1v) is 7.85. The fourth-order valence-electron chi connectivity index (χ4n) is 2.61. The van der Waals surface area contributed by atoms with Gasteiger partial charge in [0.1, 0.15) is 5.75 Å². The van der Waals surface area contributed by atoms with Gasteiger partial charge in [-0.25, -0.2) is 4.79 Å². The molecular formula is C17H16N3O2S+. The molecule has 2 aromatic rings. The van der Waals surface area contributed by atoms with E-state index in [4.69, 9.17) is 10.6 Å². The van der Waals surface area contributed by atoms with Crippen LogP contribution in [0, 0.1) is 0 Å². The third-order valence-electron chi connectivity index (χ3n) is 3.78. The molecule has 116 valence electrons. The Morgan fingerprint density at radius 1 is 1.13 bits per heavy atom. The van der Waals surface area contributed by atoms with E-state index in [2.05, 4.69) is 5.10 Å². The van der Waals surface area contributed by atoms with Gasteiger partial charge in [0.05, 0.1) is 7.11 Å². The Balaban J connectivity index is 2.16. The van der Waals surface area contributed by atoms with E-state index in [1.54, 1.807) is 7.11 Å². The first-order valence-electron chi connectivity index (χ1n) is 6.97. The van der Waals surface area contributed by atoms with Crippen LogP contribution in [-0.4, -0.2) is 18.7 Å². The maximum absolute atomic E-state index is 12.2. The highest BCUT2D eigenvalue weighted by Crippen LogP contribution is 2.43. The van der Waals surface area contributed by atoms with Crippen LogP contribution in [0.4, 0.5) is 5.69 Å². The Hall–Kier alpha value is -2.57. The molecule has 0 fully saturated rings. The number of rotatable bonds is 4. The van der Waals surface area contributed by atoms with Gasteiger partial charge in [0.2, 0.25) is 0 Å². The van der Waals surface area contributed by atoms with Crippen LogP contribution in [0.15, 0.2) is 65.1 Å². The average molecular weight is 326 g/mol. The molecule has 1 atom stereocenters. The molecule has 2 aromatic carbocycles. The zero-order valence-corrected chi connectivity index (χ0v) is 13.4. The predicted octanol–water partition coefficient (Wildman–Crippen LogP) is 3.13. The van der Waals surface area contributed by atoms with Crippen molar-refractivity contribution in [1.82, 2.24) is 4.48 Å². The van der Waals surface area contributed by atoms with Gasteiger partial charge in [0.15, 0.2) is 11.4 Å². The van der Waals surface area contributed by atoms with Crippen molar-refractivity contribution in [3.63, 3.8) is 0 Å². The Morgan fingerprint density at radius 2 is 1.83 bits per heavy atom. The number of methoxy groups -OCH3 is 1. The monoisotopic (exact) mass is 326 g/mol. The minimum Gasteiger partial charge on any atom is -0.497 e. The number of amides is 1. The number of carbonyl (C=O) groups is 1. The molecule has 6 heteroatoms. The molecule has 23 heavy (non-hydrogen) atoms. The van der Waals surface area contributed by atoms with Crippen LogP contribution in [0.3, 0.4) is 0 Å². The van der Waals surface area contributed by atoms with Gasteiger partial charge in [-0.3, -0.25) is 0 Å². The van der Waals surface area contributed by atoms with E-state index in [0.717, 1.165) is 29.1 Å². The van der Waals surface area contributed by atoms with E-state index in [1.807, 2.05) is 60.0 Å². The summed E-state index contributed by atoms with van der Waals surface area (Å²) in [6.45, 7) is 0. The van der Waals surface area contributed by atoms with Gasteiger partial charge in [0, 0.05) is 23.1 Å². The van der Waals surface area contributed by atoms with Crippen LogP contribution in [-0.2, 0) is 4.79 Å². The van der Waals surface area contributed by atoms with Crippen LogP contribution in [0.5, 0.6) is 5.75 Å². The quantitative estimate of drug-likeness (QED) is 0.406. The summed E-state index contributed by atoms with van der Waals surface area (Å²) in [7, 11) is 1.62. The fraction of sp³-hybridized carbons (Fsp3) is 0.0588. The number of nitrogens with two attached hydrogens (primary N) is 1. The van der Waals surface area contributed by atoms with Crippen LogP contribution in [0.25, 0.3) is 5.70 Å². The van der Waals surface area contributed by atoms with Crippen molar-refractivity contribution >= 4 is 34.7 Å². The number of amidine groups is 1. The van der Waals surface area contributed by atoms with Crippen molar-refractivity contribution in [2.75, 3.05) is 7.11 Å². The first-order chi connectivity index (χ1) is 11.3. The van der Waals surface area contributed by atoms with Gasteiger partial charge >= 0.3 is 11.6 Å². The van der Waals surface area contributed by atoms with Crippen molar-refractivity contribution in [1.29, 1.82) is 0 Å². The van der Waals surface area contributed by atoms with Gasteiger partial charge in [-0.1, -0.05) is 18.2 Å². The van der Waals surface area contributed by atoms with E-state index in [9.17, 15) is 4.79 Å². The Kier molecular flexibility index (Phi) is 4.18. The van der Waals surface area contributed by atoms with E-state index < -0.39 is 0 Å². The molecule has 5 nitrogen and oxygen atoms in total. The molecule has 1 heterocycles. The normalized spacial score (nSPS) is 22.0. The molecule has 0 bridgehead atoms. The number of thioether (sulfide) groups is 1. The Labute approximate surface area is 138 Å². The summed E-state index contributed by atoms with van der Waals surface area (Å²) in [5.41, 5.74) is 2.51. The average Bonchev–Trinajstić information content (AvgIpc) is 3.02. The van der Waals surface area contributed by atoms with Gasteiger partial charge in [-0.15, -0.1) is 9.58 Å². The van der Waals surface area contributed by atoms with Crippen molar-refractivity contribution in [3.05, 3.63) is 65.6 Å². The van der Waals surface area contributed by atoms with Gasteiger partial charge in [-0.2, -0.15) is 0 Å². The minimum absolute atomic E-state index is 0.145. The lowest BCUT2D eigenvalue weighted by molar-refractivity contribution is -0.112. The number of para-hydroxylation sites is 1. The van der Waals surface area contributed by atoms with E-state index >= 15 is 0 Å². The second-order valence-corrected chi connectivity index (χ2v) is 5.76. The predicted molar refractivity (Wildman–Crippen MR) is 94.5 cm³/mol. The second-order valence-electron chi connectivity index (χ2n) is 4.92. The van der Waals surface area contributed by atoms with Crippen molar-refractivity contribution in [2.24, 2.45) is 10.9 Å². The molecule has 0 aliphatic carbocycles. The molecule has 3 rings (SSSR count). The zero-order chi connectivity index (χ0) is 16.3. The summed E-state index contributed by atoms with van der Waals surface area (Å²) in [6, 6.07) is 17.0. The number of carbonyl (C=O) groups excluding carboxylic acids is 1. The summed E-state index contributed by atoms with van der Waals surface area (Å²) in [5.74, 6) is 6.31. The lowest BCUT2D eigenvalue weighted by Gasteiger charge is -2.27. The van der Waals surface area contributed by atoms with Crippen molar-refractivity contribution < 1.29 is 9.53 Å². The maximum Gasteiger partial charge on any atom is 0.318 e. The van der Waals surface area contributed by atoms with Crippen LogP contribution >= 0.6 is 11.8 Å². The van der Waals surface area contributed by atoms with E-state index in [-0.39, 0.29) is 4.48 Å². The van der Waals surface area contributed by atoms with Crippen molar-refractivity contribution in [2.45, 2.75) is 0 Å². The molecule has 0 saturated carbocycles. The van der Waals surface area contributed by atoms with Gasteiger partial charge < -0.3 is 10.6 Å². The third kappa shape index (κ3) is 2.42. The standard InChI is InChI=1S/C17H16N3O2S/c1-22-15-9-7-13(8-10-15)16-11-23-17(19-18)20(16,12-21)14-5-3-2-4-6-14/h2-12H,18H2,1H3/q+1. The van der Waals surface area contributed by atoms with Crippen molar-refractivity contribution in [3.8, 4) is 5.75 Å². The molecule has 0 aromatic heterocycles. The second kappa shape index (κ2) is 6.28. The van der Waals surface area contributed by atoms with Crippen LogP contribution in [0.1, 0.15) is 5.56 Å². The van der Waals surface area contributed by atoms with E-state index in [1.165, 1.54) is 11.8 Å². The molecular weight excluding hydrogens is 310 g/mol. The summed E-state index contributed by atoms with van der Waals surface area (Å²) in [6.07, 6.45) is 0.858. The highest BCUT2D eigenvalue weighted by atomic mass is 32.2. The first kappa shape index (κ1) is 15.3. The van der Waals surface area contributed by atoms with Crippen LogP contribution in [0.2, 0.25) is 0 Å². The number of ether oxygens (including phenoxy) is 1.